The fraction of sp³-hybridized carbons (Fsp3) is 0.111. The average Bonchev–Trinajstić information content (AvgIpc) is 2.74. The van der Waals surface area contributed by atoms with Crippen LogP contribution in [0.4, 0.5) is 0 Å². The van der Waals surface area contributed by atoms with Crippen molar-refractivity contribution in [3.63, 3.8) is 0 Å². The van der Waals surface area contributed by atoms with E-state index in [1.165, 1.54) is 16.7 Å². The summed E-state index contributed by atoms with van der Waals surface area (Å²) in [4.78, 5) is 3.06. The zero-order valence-electron chi connectivity index (χ0n) is 6.58. The minimum absolute atomic E-state index is 0.592. The van der Waals surface area contributed by atoms with Crippen molar-refractivity contribution in [3.05, 3.63) is 34.8 Å². The van der Waals surface area contributed by atoms with E-state index in [-0.39, 0.29) is 0 Å². The second-order valence-corrected chi connectivity index (χ2v) is 3.39. The first kappa shape index (κ1) is 7.58. The second-order valence-electron chi connectivity index (χ2n) is 2.61. The first-order valence-corrected chi connectivity index (χ1v) is 4.74. The van der Waals surface area contributed by atoms with Gasteiger partial charge in [0.05, 0.1) is 0 Å². The lowest BCUT2D eigenvalue weighted by molar-refractivity contribution is 1.08. The van der Waals surface area contributed by atoms with Gasteiger partial charge >= 0.3 is 0 Å². The molecule has 2 heterocycles. The smallest absolute Gasteiger partial charge is 0.0199 e. The lowest BCUT2D eigenvalue weighted by Crippen LogP contribution is -1.95. The Bertz CT molecular complexity index is 348. The van der Waals surface area contributed by atoms with Gasteiger partial charge in [0.1, 0.15) is 0 Å². The highest BCUT2D eigenvalue weighted by molar-refractivity contribution is 7.08. The van der Waals surface area contributed by atoms with Crippen LogP contribution in [0.25, 0.3) is 11.1 Å². The molecule has 3 N–H and O–H groups in total. The third kappa shape index (κ3) is 1.17. The molecule has 12 heavy (non-hydrogen) atoms. The van der Waals surface area contributed by atoms with E-state index in [9.17, 15) is 0 Å². The number of aromatic amines is 1. The predicted octanol–water partition coefficient (Wildman–Crippen LogP) is 2.20. The van der Waals surface area contributed by atoms with Gasteiger partial charge in [0.25, 0.3) is 0 Å². The number of rotatable bonds is 2. The van der Waals surface area contributed by atoms with Crippen molar-refractivity contribution in [1.82, 2.24) is 4.98 Å². The second kappa shape index (κ2) is 3.13. The summed E-state index contributed by atoms with van der Waals surface area (Å²) >= 11 is 1.70. The molecule has 0 unspecified atom stereocenters. The maximum atomic E-state index is 5.58. The Morgan fingerprint density at radius 2 is 2.33 bits per heavy atom. The van der Waals surface area contributed by atoms with Crippen LogP contribution in [0, 0.1) is 0 Å². The van der Waals surface area contributed by atoms with Crippen molar-refractivity contribution in [1.29, 1.82) is 0 Å². The number of H-pyrrole nitrogens is 1. The highest BCUT2D eigenvalue weighted by atomic mass is 32.1. The van der Waals surface area contributed by atoms with Gasteiger partial charge in [0, 0.05) is 24.5 Å². The Kier molecular flexibility index (Phi) is 1.98. The Labute approximate surface area is 75.0 Å². The average molecular weight is 178 g/mol. The summed E-state index contributed by atoms with van der Waals surface area (Å²) in [5.41, 5.74) is 9.23. The van der Waals surface area contributed by atoms with Gasteiger partial charge in [-0.2, -0.15) is 11.3 Å². The highest BCUT2D eigenvalue weighted by Crippen LogP contribution is 2.24. The molecule has 0 saturated carbocycles. The summed E-state index contributed by atoms with van der Waals surface area (Å²) in [7, 11) is 0. The number of hydrogen-bond acceptors (Lipinski definition) is 2. The summed E-state index contributed by atoms with van der Waals surface area (Å²) in [6.45, 7) is 0.592. The molecule has 0 aromatic carbocycles. The van der Waals surface area contributed by atoms with Crippen LogP contribution >= 0.6 is 11.3 Å². The van der Waals surface area contributed by atoms with Crippen LogP contribution in [0.2, 0.25) is 0 Å². The number of nitrogens with one attached hydrogen (secondary N) is 1. The Morgan fingerprint density at radius 3 is 3.00 bits per heavy atom. The molecule has 0 aliphatic carbocycles. The number of nitrogens with two attached hydrogens (primary N) is 1. The van der Waals surface area contributed by atoms with E-state index >= 15 is 0 Å². The van der Waals surface area contributed by atoms with Crippen molar-refractivity contribution in [2.75, 3.05) is 0 Å². The summed E-state index contributed by atoms with van der Waals surface area (Å²) in [6.07, 6.45) is 3.94. The van der Waals surface area contributed by atoms with Gasteiger partial charge in [0.2, 0.25) is 0 Å². The first-order chi connectivity index (χ1) is 5.92. The summed E-state index contributed by atoms with van der Waals surface area (Å²) < 4.78 is 0. The molecule has 0 bridgehead atoms. The minimum Gasteiger partial charge on any atom is -0.367 e. The normalized spacial score (nSPS) is 10.4. The van der Waals surface area contributed by atoms with Crippen molar-refractivity contribution in [2.45, 2.75) is 6.54 Å². The van der Waals surface area contributed by atoms with Crippen LogP contribution in [0.15, 0.2) is 29.2 Å². The number of aromatic nitrogens is 1. The largest absolute Gasteiger partial charge is 0.367 e. The van der Waals surface area contributed by atoms with E-state index in [0.29, 0.717) is 6.54 Å². The van der Waals surface area contributed by atoms with Crippen LogP contribution in [0.3, 0.4) is 0 Å². The molecule has 0 atom stereocenters. The molecule has 0 aliphatic rings. The molecule has 62 valence electrons. The van der Waals surface area contributed by atoms with E-state index in [2.05, 4.69) is 21.8 Å². The van der Waals surface area contributed by atoms with E-state index in [4.69, 9.17) is 5.73 Å². The Balaban J connectivity index is 2.46. The fourth-order valence-corrected chi connectivity index (χ4v) is 1.91. The van der Waals surface area contributed by atoms with E-state index in [1.54, 1.807) is 11.3 Å². The van der Waals surface area contributed by atoms with Crippen LogP contribution in [0.5, 0.6) is 0 Å². The summed E-state index contributed by atoms with van der Waals surface area (Å²) in [5, 5.41) is 4.20. The SMILES string of the molecule is NCc1c[nH]cc1-c1ccsc1. The predicted molar refractivity (Wildman–Crippen MR) is 52.0 cm³/mol. The van der Waals surface area contributed by atoms with Crippen molar-refractivity contribution < 1.29 is 0 Å². The van der Waals surface area contributed by atoms with Crippen LogP contribution in [-0.2, 0) is 6.54 Å². The van der Waals surface area contributed by atoms with E-state index < -0.39 is 0 Å². The number of thiophene rings is 1. The third-order valence-corrected chi connectivity index (χ3v) is 2.57. The van der Waals surface area contributed by atoms with Gasteiger partial charge in [-0.3, -0.25) is 0 Å². The Morgan fingerprint density at radius 1 is 1.42 bits per heavy atom. The van der Waals surface area contributed by atoms with Gasteiger partial charge in [-0.15, -0.1) is 0 Å². The molecular weight excluding hydrogens is 168 g/mol. The molecule has 0 fully saturated rings. The summed E-state index contributed by atoms with van der Waals surface area (Å²) in [5.74, 6) is 0. The van der Waals surface area contributed by atoms with Crippen molar-refractivity contribution in [3.8, 4) is 11.1 Å². The van der Waals surface area contributed by atoms with E-state index in [1.807, 2.05) is 12.4 Å². The van der Waals surface area contributed by atoms with Gasteiger partial charge in [-0.05, 0) is 28.0 Å². The molecule has 0 radical (unpaired) electrons. The Hall–Kier alpha value is -1.06. The van der Waals surface area contributed by atoms with Crippen molar-refractivity contribution in [2.24, 2.45) is 5.73 Å². The quantitative estimate of drug-likeness (QED) is 0.727. The monoisotopic (exact) mass is 178 g/mol. The molecule has 0 saturated heterocycles. The lowest BCUT2D eigenvalue weighted by Gasteiger charge is -1.96. The molecule has 0 amide bonds. The molecule has 2 aromatic rings. The highest BCUT2D eigenvalue weighted by Gasteiger charge is 2.03. The zero-order valence-corrected chi connectivity index (χ0v) is 7.40. The molecule has 0 spiro atoms. The van der Waals surface area contributed by atoms with E-state index in [0.717, 1.165) is 0 Å². The van der Waals surface area contributed by atoms with Gasteiger partial charge < -0.3 is 10.7 Å². The molecular formula is C9H10N2S. The molecule has 0 aliphatic heterocycles. The lowest BCUT2D eigenvalue weighted by atomic mass is 10.1. The maximum absolute atomic E-state index is 5.58. The standard InChI is InChI=1S/C9H10N2S/c10-3-8-4-11-5-9(8)7-1-2-12-6-7/h1-2,4-6,11H,3,10H2. The van der Waals surface area contributed by atoms with Gasteiger partial charge in [-0.25, -0.2) is 0 Å². The fourth-order valence-electron chi connectivity index (χ4n) is 1.25. The van der Waals surface area contributed by atoms with Gasteiger partial charge in [-0.1, -0.05) is 0 Å². The molecule has 2 rings (SSSR count). The minimum atomic E-state index is 0.592. The van der Waals surface area contributed by atoms with Gasteiger partial charge in [0.15, 0.2) is 0 Å². The van der Waals surface area contributed by atoms with Crippen molar-refractivity contribution >= 4 is 11.3 Å². The van der Waals surface area contributed by atoms with Crippen LogP contribution in [0.1, 0.15) is 5.56 Å². The zero-order chi connectivity index (χ0) is 8.39. The van der Waals surface area contributed by atoms with Crippen LogP contribution in [-0.4, -0.2) is 4.98 Å². The maximum Gasteiger partial charge on any atom is 0.0199 e. The third-order valence-electron chi connectivity index (χ3n) is 1.88. The molecule has 2 nitrogen and oxygen atoms in total. The van der Waals surface area contributed by atoms with Crippen LogP contribution < -0.4 is 5.73 Å². The topological polar surface area (TPSA) is 41.8 Å². The summed E-state index contributed by atoms with van der Waals surface area (Å²) in [6, 6.07) is 2.10. The first-order valence-electron chi connectivity index (χ1n) is 3.80. The molecule has 2 aromatic heterocycles. The molecule has 3 heteroatoms. The number of hydrogen-bond donors (Lipinski definition) is 2.